The molecule has 2 rings (SSSR count). The van der Waals surface area contributed by atoms with Crippen LogP contribution < -0.4 is 10.6 Å². The lowest BCUT2D eigenvalue weighted by atomic mass is 10.1. The zero-order valence-corrected chi connectivity index (χ0v) is 14.1. The Morgan fingerprint density at radius 2 is 1.62 bits per heavy atom. The molecule has 7 heteroatoms. The van der Waals surface area contributed by atoms with Crippen LogP contribution in [0, 0.1) is 0 Å². The number of hydrogen-bond acceptors (Lipinski definition) is 2. The average molecular weight is 364 g/mol. The topological polar surface area (TPSA) is 58.2 Å². The molecule has 26 heavy (non-hydrogen) atoms. The zero-order chi connectivity index (χ0) is 19.2. The first kappa shape index (κ1) is 19.5. The van der Waals surface area contributed by atoms with Crippen LogP contribution in [0.3, 0.4) is 0 Å². The third kappa shape index (κ3) is 5.91. The Kier molecular flexibility index (Phi) is 6.38. The molecule has 0 radical (unpaired) electrons. The third-order valence-corrected chi connectivity index (χ3v) is 3.68. The summed E-state index contributed by atoms with van der Waals surface area (Å²) in [5, 5.41) is 5.35. The Morgan fingerprint density at radius 1 is 1.00 bits per heavy atom. The van der Waals surface area contributed by atoms with Crippen molar-refractivity contribution in [2.75, 3.05) is 0 Å². The average Bonchev–Trinajstić information content (AvgIpc) is 2.60. The fraction of sp³-hybridized carbons (Fsp3) is 0.263. The Bertz CT molecular complexity index is 744. The van der Waals surface area contributed by atoms with E-state index in [1.165, 1.54) is 12.1 Å². The van der Waals surface area contributed by atoms with Gasteiger partial charge >= 0.3 is 6.18 Å². The molecular formula is C19H19F3N2O2. The highest BCUT2D eigenvalue weighted by atomic mass is 19.4. The van der Waals surface area contributed by atoms with Crippen LogP contribution in [0.15, 0.2) is 54.6 Å². The molecule has 4 nitrogen and oxygen atoms in total. The molecule has 0 unspecified atom stereocenters. The van der Waals surface area contributed by atoms with Crippen LogP contribution in [0.5, 0.6) is 0 Å². The normalized spacial score (nSPS) is 12.3. The maximum Gasteiger partial charge on any atom is 0.416 e. The molecule has 0 fully saturated rings. The number of alkyl halides is 3. The molecule has 0 saturated carbocycles. The molecule has 0 aliphatic carbocycles. The molecule has 0 aromatic heterocycles. The van der Waals surface area contributed by atoms with Crippen LogP contribution >= 0.6 is 0 Å². The van der Waals surface area contributed by atoms with Gasteiger partial charge in [0.1, 0.15) is 0 Å². The van der Waals surface area contributed by atoms with Crippen molar-refractivity contribution in [3.05, 3.63) is 71.3 Å². The highest BCUT2D eigenvalue weighted by Crippen LogP contribution is 2.29. The lowest BCUT2D eigenvalue weighted by molar-refractivity contribution is -0.137. The second kappa shape index (κ2) is 8.51. The SMILES string of the molecule is C[C@H](CC(=O)NCc1ccc(C(F)(F)F)cc1)NC(=O)c1ccccc1. The van der Waals surface area contributed by atoms with Gasteiger partial charge in [-0.05, 0) is 36.8 Å². The van der Waals surface area contributed by atoms with Crippen molar-refractivity contribution in [3.8, 4) is 0 Å². The number of amides is 2. The molecule has 0 aliphatic rings. The van der Waals surface area contributed by atoms with Gasteiger partial charge in [-0.1, -0.05) is 30.3 Å². The predicted molar refractivity (Wildman–Crippen MR) is 91.3 cm³/mol. The number of carbonyl (C=O) groups is 2. The van der Waals surface area contributed by atoms with Gasteiger partial charge in [0.25, 0.3) is 5.91 Å². The monoisotopic (exact) mass is 364 g/mol. The van der Waals surface area contributed by atoms with Gasteiger partial charge in [0.2, 0.25) is 5.91 Å². The Balaban J connectivity index is 1.78. The molecule has 138 valence electrons. The number of carbonyl (C=O) groups excluding carboxylic acids is 2. The molecule has 0 saturated heterocycles. The van der Waals surface area contributed by atoms with Gasteiger partial charge < -0.3 is 10.6 Å². The van der Waals surface area contributed by atoms with Gasteiger partial charge in [0, 0.05) is 24.6 Å². The maximum absolute atomic E-state index is 12.5. The van der Waals surface area contributed by atoms with Gasteiger partial charge in [0.15, 0.2) is 0 Å². The van der Waals surface area contributed by atoms with Gasteiger partial charge in [0.05, 0.1) is 5.56 Å². The summed E-state index contributed by atoms with van der Waals surface area (Å²) in [6.45, 7) is 1.83. The molecule has 2 N–H and O–H groups in total. The minimum Gasteiger partial charge on any atom is -0.352 e. The Labute approximate surface area is 149 Å². The van der Waals surface area contributed by atoms with E-state index in [2.05, 4.69) is 10.6 Å². The molecule has 0 heterocycles. The van der Waals surface area contributed by atoms with Crippen molar-refractivity contribution in [1.82, 2.24) is 10.6 Å². The van der Waals surface area contributed by atoms with Crippen LogP contribution in [0.4, 0.5) is 13.2 Å². The lowest BCUT2D eigenvalue weighted by Crippen LogP contribution is -2.37. The number of benzene rings is 2. The zero-order valence-electron chi connectivity index (χ0n) is 14.1. The molecule has 2 amide bonds. The second-order valence-electron chi connectivity index (χ2n) is 5.92. The molecule has 1 atom stereocenters. The van der Waals surface area contributed by atoms with Crippen molar-refractivity contribution in [2.45, 2.75) is 32.1 Å². The number of rotatable bonds is 6. The largest absolute Gasteiger partial charge is 0.416 e. The maximum atomic E-state index is 12.5. The van der Waals surface area contributed by atoms with E-state index in [-0.39, 0.29) is 30.8 Å². The summed E-state index contributed by atoms with van der Waals surface area (Å²) in [4.78, 5) is 23.9. The van der Waals surface area contributed by atoms with E-state index in [0.29, 0.717) is 11.1 Å². The first-order valence-electron chi connectivity index (χ1n) is 8.04. The number of hydrogen-bond donors (Lipinski definition) is 2. The van der Waals surface area contributed by atoms with Crippen molar-refractivity contribution >= 4 is 11.8 Å². The quantitative estimate of drug-likeness (QED) is 0.824. The first-order valence-corrected chi connectivity index (χ1v) is 8.04. The van der Waals surface area contributed by atoms with Gasteiger partial charge in [-0.3, -0.25) is 9.59 Å². The number of nitrogens with one attached hydrogen (secondary N) is 2. The van der Waals surface area contributed by atoms with Crippen LogP contribution in [-0.4, -0.2) is 17.9 Å². The summed E-state index contributed by atoms with van der Waals surface area (Å²) in [6, 6.07) is 12.9. The van der Waals surface area contributed by atoms with Crippen LogP contribution in [0.1, 0.15) is 34.8 Å². The second-order valence-corrected chi connectivity index (χ2v) is 5.92. The predicted octanol–water partition coefficient (Wildman–Crippen LogP) is 3.53. The molecule has 2 aromatic rings. The standard InChI is InChI=1S/C19H19F3N2O2/c1-13(24-18(26)15-5-3-2-4-6-15)11-17(25)23-12-14-7-9-16(10-8-14)19(20,21)22/h2-10,13H,11-12H2,1H3,(H,23,25)(H,24,26)/t13-/m1/s1. The Morgan fingerprint density at radius 3 is 2.19 bits per heavy atom. The molecular weight excluding hydrogens is 345 g/mol. The molecule has 2 aromatic carbocycles. The van der Waals surface area contributed by atoms with Crippen molar-refractivity contribution in [1.29, 1.82) is 0 Å². The van der Waals surface area contributed by atoms with Crippen molar-refractivity contribution < 1.29 is 22.8 Å². The van der Waals surface area contributed by atoms with E-state index < -0.39 is 11.7 Å². The molecule has 0 bridgehead atoms. The van der Waals surface area contributed by atoms with E-state index in [9.17, 15) is 22.8 Å². The van der Waals surface area contributed by atoms with Crippen molar-refractivity contribution in [3.63, 3.8) is 0 Å². The van der Waals surface area contributed by atoms with Crippen LogP contribution in [0.25, 0.3) is 0 Å². The van der Waals surface area contributed by atoms with Gasteiger partial charge in [-0.15, -0.1) is 0 Å². The van der Waals surface area contributed by atoms with E-state index in [0.717, 1.165) is 12.1 Å². The van der Waals surface area contributed by atoms with E-state index in [1.807, 2.05) is 0 Å². The molecule has 0 spiro atoms. The summed E-state index contributed by atoms with van der Waals surface area (Å²) in [5.74, 6) is -0.570. The van der Waals surface area contributed by atoms with E-state index >= 15 is 0 Å². The first-order chi connectivity index (χ1) is 12.3. The fourth-order valence-corrected chi connectivity index (χ4v) is 2.31. The summed E-state index contributed by atoms with van der Waals surface area (Å²) in [6.07, 6.45) is -4.31. The fourth-order valence-electron chi connectivity index (χ4n) is 2.31. The Hall–Kier alpha value is -2.83. The summed E-state index contributed by atoms with van der Waals surface area (Å²) < 4.78 is 37.5. The smallest absolute Gasteiger partial charge is 0.352 e. The number of halogens is 3. The summed E-state index contributed by atoms with van der Waals surface area (Å²) in [5.41, 5.74) is 0.335. The third-order valence-electron chi connectivity index (χ3n) is 3.68. The van der Waals surface area contributed by atoms with E-state index in [1.54, 1.807) is 37.3 Å². The van der Waals surface area contributed by atoms with E-state index in [4.69, 9.17) is 0 Å². The van der Waals surface area contributed by atoms with Crippen LogP contribution in [0.2, 0.25) is 0 Å². The molecule has 0 aliphatic heterocycles. The highest BCUT2D eigenvalue weighted by molar-refractivity contribution is 5.94. The van der Waals surface area contributed by atoms with Crippen molar-refractivity contribution in [2.24, 2.45) is 0 Å². The minimum absolute atomic E-state index is 0.0687. The highest BCUT2D eigenvalue weighted by Gasteiger charge is 2.29. The van der Waals surface area contributed by atoms with Gasteiger partial charge in [-0.2, -0.15) is 13.2 Å². The van der Waals surface area contributed by atoms with Gasteiger partial charge in [-0.25, -0.2) is 0 Å². The summed E-state index contributed by atoms with van der Waals surface area (Å²) >= 11 is 0. The summed E-state index contributed by atoms with van der Waals surface area (Å²) in [7, 11) is 0. The minimum atomic E-state index is -4.38. The lowest BCUT2D eigenvalue weighted by Gasteiger charge is -2.14. The van der Waals surface area contributed by atoms with Crippen LogP contribution in [-0.2, 0) is 17.5 Å².